The first-order valence-electron chi connectivity index (χ1n) is 7.29. The quantitative estimate of drug-likeness (QED) is 0.619. The van der Waals surface area contributed by atoms with Crippen LogP contribution in [0, 0.1) is 5.82 Å². The van der Waals surface area contributed by atoms with Gasteiger partial charge in [0.1, 0.15) is 10.6 Å². The Morgan fingerprint density at radius 2 is 2.08 bits per heavy atom. The van der Waals surface area contributed by atoms with Crippen molar-refractivity contribution in [3.8, 4) is 11.1 Å². The summed E-state index contributed by atoms with van der Waals surface area (Å²) in [6, 6.07) is 6.11. The largest absolute Gasteiger partial charge is 0.298 e. The molecule has 8 heteroatoms. The van der Waals surface area contributed by atoms with E-state index in [2.05, 4.69) is 20.4 Å². The summed E-state index contributed by atoms with van der Waals surface area (Å²) in [7, 11) is 0. The van der Waals surface area contributed by atoms with Crippen molar-refractivity contribution in [1.82, 2.24) is 25.0 Å². The van der Waals surface area contributed by atoms with Gasteiger partial charge < -0.3 is 0 Å². The minimum absolute atomic E-state index is 0.107. The van der Waals surface area contributed by atoms with Gasteiger partial charge in [-0.2, -0.15) is 15.4 Å². The van der Waals surface area contributed by atoms with E-state index in [0.29, 0.717) is 23.2 Å². The lowest BCUT2D eigenvalue weighted by Gasteiger charge is -2.05. The highest BCUT2D eigenvalue weighted by molar-refractivity contribution is 7.17. The molecule has 0 aliphatic rings. The van der Waals surface area contributed by atoms with Crippen LogP contribution in [0.1, 0.15) is 5.69 Å². The summed E-state index contributed by atoms with van der Waals surface area (Å²) in [5.41, 5.74) is 2.26. The van der Waals surface area contributed by atoms with Crippen molar-refractivity contribution in [1.29, 1.82) is 0 Å². The molecule has 1 aromatic carbocycles. The number of halogens is 1. The molecule has 120 valence electrons. The van der Waals surface area contributed by atoms with Crippen molar-refractivity contribution in [3.05, 3.63) is 64.0 Å². The van der Waals surface area contributed by atoms with Crippen LogP contribution in [0.4, 0.5) is 4.39 Å². The van der Waals surface area contributed by atoms with Gasteiger partial charge in [-0.3, -0.25) is 9.36 Å². The third-order valence-corrected chi connectivity index (χ3v) is 4.68. The van der Waals surface area contributed by atoms with Gasteiger partial charge in [0.2, 0.25) is 0 Å². The van der Waals surface area contributed by atoms with Crippen LogP contribution in [0.25, 0.3) is 21.3 Å². The minimum atomic E-state index is -0.304. The summed E-state index contributed by atoms with van der Waals surface area (Å²) in [4.78, 5) is 17.9. The van der Waals surface area contributed by atoms with Gasteiger partial charge in [0.05, 0.1) is 23.6 Å². The molecule has 1 N–H and O–H groups in total. The van der Waals surface area contributed by atoms with Gasteiger partial charge in [-0.05, 0) is 17.7 Å². The molecular weight excluding hydrogens is 329 g/mol. The number of hydrogen-bond acceptors (Lipinski definition) is 5. The Hall–Kier alpha value is -2.87. The molecule has 24 heavy (non-hydrogen) atoms. The van der Waals surface area contributed by atoms with E-state index < -0.39 is 0 Å². The lowest BCUT2D eigenvalue weighted by Crippen LogP contribution is -2.21. The van der Waals surface area contributed by atoms with Gasteiger partial charge in [0.25, 0.3) is 5.56 Å². The molecule has 0 radical (unpaired) electrons. The highest BCUT2D eigenvalue weighted by atomic mass is 32.1. The lowest BCUT2D eigenvalue weighted by molar-refractivity contribution is 0.628. The number of aryl methyl sites for hydroxylation is 2. The van der Waals surface area contributed by atoms with E-state index in [1.807, 2.05) is 5.38 Å². The Kier molecular flexibility index (Phi) is 3.66. The number of hydrogen-bond donors (Lipinski definition) is 1. The second-order valence-electron chi connectivity index (χ2n) is 5.29. The summed E-state index contributed by atoms with van der Waals surface area (Å²) in [5, 5.41) is 12.7. The molecule has 0 saturated carbocycles. The first kappa shape index (κ1) is 14.7. The van der Waals surface area contributed by atoms with Crippen LogP contribution in [0.3, 0.4) is 0 Å². The zero-order chi connectivity index (χ0) is 16.5. The molecule has 0 aliphatic heterocycles. The molecule has 3 heterocycles. The molecular formula is C16H12FN5OS. The highest BCUT2D eigenvalue weighted by Gasteiger charge is 2.13. The summed E-state index contributed by atoms with van der Waals surface area (Å²) < 4.78 is 14.7. The monoisotopic (exact) mass is 341 g/mol. The number of H-pyrrole nitrogens is 1. The van der Waals surface area contributed by atoms with E-state index in [4.69, 9.17) is 0 Å². The molecule has 4 rings (SSSR count). The van der Waals surface area contributed by atoms with Crippen LogP contribution in [0.15, 0.2) is 47.0 Å². The van der Waals surface area contributed by atoms with Crippen LogP contribution < -0.4 is 5.56 Å². The van der Waals surface area contributed by atoms with Gasteiger partial charge >= 0.3 is 0 Å². The second kappa shape index (κ2) is 5.97. The van der Waals surface area contributed by atoms with E-state index in [0.717, 1.165) is 16.8 Å². The SMILES string of the molecule is O=c1c2c(-c3ccc(F)cc3)csc2ncn1CCc1cn[nH]n1. The fourth-order valence-corrected chi connectivity index (χ4v) is 3.46. The van der Waals surface area contributed by atoms with Gasteiger partial charge in [0.15, 0.2) is 0 Å². The predicted octanol–water partition coefficient (Wildman–Crippen LogP) is 2.62. The summed E-state index contributed by atoms with van der Waals surface area (Å²) in [5.74, 6) is -0.304. The third kappa shape index (κ3) is 2.61. The van der Waals surface area contributed by atoms with Crippen molar-refractivity contribution in [2.24, 2.45) is 0 Å². The number of fused-ring (bicyclic) bond motifs is 1. The number of nitrogens with zero attached hydrogens (tertiary/aromatic N) is 4. The maximum absolute atomic E-state index is 13.1. The third-order valence-electron chi connectivity index (χ3n) is 3.79. The van der Waals surface area contributed by atoms with E-state index in [1.54, 1.807) is 29.2 Å². The fourth-order valence-electron chi connectivity index (χ4n) is 2.55. The first-order valence-corrected chi connectivity index (χ1v) is 8.17. The van der Waals surface area contributed by atoms with Gasteiger partial charge in [-0.15, -0.1) is 11.3 Å². The lowest BCUT2D eigenvalue weighted by atomic mass is 10.1. The molecule has 0 unspecified atom stereocenters. The topological polar surface area (TPSA) is 76.5 Å². The average Bonchev–Trinajstić information content (AvgIpc) is 3.24. The Morgan fingerprint density at radius 1 is 1.25 bits per heavy atom. The number of benzene rings is 1. The molecule has 0 amide bonds. The van der Waals surface area contributed by atoms with Crippen LogP contribution >= 0.6 is 11.3 Å². The zero-order valence-electron chi connectivity index (χ0n) is 12.4. The number of aromatic nitrogens is 5. The molecule has 3 aromatic heterocycles. The smallest absolute Gasteiger partial charge is 0.262 e. The van der Waals surface area contributed by atoms with Crippen LogP contribution in [-0.2, 0) is 13.0 Å². The number of rotatable bonds is 4. The molecule has 6 nitrogen and oxygen atoms in total. The van der Waals surface area contributed by atoms with Crippen LogP contribution in [0.5, 0.6) is 0 Å². The maximum Gasteiger partial charge on any atom is 0.262 e. The van der Waals surface area contributed by atoms with Gasteiger partial charge in [-0.25, -0.2) is 9.37 Å². The molecule has 4 aromatic rings. The predicted molar refractivity (Wildman–Crippen MR) is 89.4 cm³/mol. The zero-order valence-corrected chi connectivity index (χ0v) is 13.3. The standard InChI is InChI=1S/C16H12FN5OS/c17-11-3-1-10(2-4-11)13-8-24-15-14(13)16(23)22(9-18-15)6-5-12-7-19-21-20-12/h1-4,7-9H,5-6H2,(H,19,20,21). The Labute approximate surface area is 139 Å². The molecule has 0 fully saturated rings. The summed E-state index contributed by atoms with van der Waals surface area (Å²) in [6.07, 6.45) is 3.76. The first-order chi connectivity index (χ1) is 11.7. The maximum atomic E-state index is 13.1. The normalized spacial score (nSPS) is 11.2. The Bertz CT molecular complexity index is 1040. The van der Waals surface area contributed by atoms with Gasteiger partial charge in [-0.1, -0.05) is 12.1 Å². The molecule has 0 bridgehead atoms. The average molecular weight is 341 g/mol. The summed E-state index contributed by atoms with van der Waals surface area (Å²) >= 11 is 1.41. The molecule has 0 saturated heterocycles. The van der Waals surface area contributed by atoms with Crippen molar-refractivity contribution >= 4 is 21.6 Å². The Morgan fingerprint density at radius 3 is 2.83 bits per heavy atom. The van der Waals surface area contributed by atoms with Crippen LogP contribution in [0.2, 0.25) is 0 Å². The molecule has 0 spiro atoms. The van der Waals surface area contributed by atoms with Crippen molar-refractivity contribution in [2.75, 3.05) is 0 Å². The number of nitrogens with one attached hydrogen (secondary N) is 1. The van der Waals surface area contributed by atoms with E-state index in [1.165, 1.54) is 23.5 Å². The number of aromatic amines is 1. The summed E-state index contributed by atoms with van der Waals surface area (Å²) in [6.45, 7) is 0.465. The number of thiophene rings is 1. The van der Waals surface area contributed by atoms with Gasteiger partial charge in [0, 0.05) is 23.9 Å². The minimum Gasteiger partial charge on any atom is -0.298 e. The van der Waals surface area contributed by atoms with Crippen molar-refractivity contribution < 1.29 is 4.39 Å². The van der Waals surface area contributed by atoms with Crippen molar-refractivity contribution in [2.45, 2.75) is 13.0 Å². The molecule has 0 aliphatic carbocycles. The fraction of sp³-hybridized carbons (Fsp3) is 0.125. The van der Waals surface area contributed by atoms with E-state index in [-0.39, 0.29) is 11.4 Å². The van der Waals surface area contributed by atoms with E-state index in [9.17, 15) is 9.18 Å². The Balaban J connectivity index is 1.75. The van der Waals surface area contributed by atoms with Crippen molar-refractivity contribution in [3.63, 3.8) is 0 Å². The van der Waals surface area contributed by atoms with Crippen LogP contribution in [-0.4, -0.2) is 25.0 Å². The second-order valence-corrected chi connectivity index (χ2v) is 6.15. The highest BCUT2D eigenvalue weighted by Crippen LogP contribution is 2.30. The molecule has 0 atom stereocenters. The van der Waals surface area contributed by atoms with E-state index >= 15 is 0 Å².